The van der Waals surface area contributed by atoms with Gasteiger partial charge < -0.3 is 26.0 Å². The lowest BCUT2D eigenvalue weighted by Crippen LogP contribution is -2.55. The summed E-state index contributed by atoms with van der Waals surface area (Å²) in [6, 6.07) is 14.4. The third-order valence-corrected chi connectivity index (χ3v) is 6.23. The Morgan fingerprint density at radius 1 is 0.750 bits per heavy atom. The molecule has 9 heteroatoms. The van der Waals surface area contributed by atoms with Gasteiger partial charge in [-0.3, -0.25) is 14.4 Å². The Bertz CT molecular complexity index is 1090. The third kappa shape index (κ3) is 11.9. The molecule has 0 aromatic heterocycles. The highest BCUT2D eigenvalue weighted by Crippen LogP contribution is 2.13. The molecule has 0 saturated carbocycles. The number of Topliss-reactive ketones (excluding diaryl/α,β-unsaturated/α-hetero) is 1. The lowest BCUT2D eigenvalue weighted by Gasteiger charge is -2.23. The summed E-state index contributed by atoms with van der Waals surface area (Å²) in [4.78, 5) is 51.0. The maximum atomic E-state index is 13.1. The van der Waals surface area contributed by atoms with Crippen LogP contribution in [-0.2, 0) is 27.5 Å². The van der Waals surface area contributed by atoms with E-state index in [1.807, 2.05) is 68.4 Å². The molecule has 2 aromatic carbocycles. The second kappa shape index (κ2) is 16.9. The number of amides is 4. The third-order valence-electron chi connectivity index (χ3n) is 6.23. The van der Waals surface area contributed by atoms with Crippen molar-refractivity contribution in [3.05, 3.63) is 65.7 Å². The fourth-order valence-corrected chi connectivity index (χ4v) is 3.86. The van der Waals surface area contributed by atoms with Crippen LogP contribution in [0.5, 0.6) is 5.75 Å². The van der Waals surface area contributed by atoms with Crippen molar-refractivity contribution in [1.29, 1.82) is 0 Å². The number of urea groups is 1. The number of hydrogen-bond donors (Lipinski definition) is 4. The van der Waals surface area contributed by atoms with E-state index < -0.39 is 35.7 Å². The van der Waals surface area contributed by atoms with Crippen molar-refractivity contribution >= 4 is 23.6 Å². The first-order valence-corrected chi connectivity index (χ1v) is 14.0. The summed E-state index contributed by atoms with van der Waals surface area (Å²) < 4.78 is 5.71. The summed E-state index contributed by atoms with van der Waals surface area (Å²) in [5.74, 6) is -0.607. The Balaban J connectivity index is 1.88. The molecule has 0 heterocycles. The molecule has 0 aliphatic rings. The van der Waals surface area contributed by atoms with Crippen LogP contribution < -0.4 is 26.0 Å². The van der Waals surface area contributed by atoms with Crippen LogP contribution in [0, 0.1) is 11.8 Å². The van der Waals surface area contributed by atoms with Gasteiger partial charge in [0.2, 0.25) is 11.7 Å². The SMILES string of the molecule is CCC(NC(=O)[C@H](CC(C)C)NC(=O)NCc1ccccc1)C(=O)C(=O)NCc1ccc(OCCC(C)C)cc1. The van der Waals surface area contributed by atoms with Gasteiger partial charge in [-0.25, -0.2) is 4.79 Å². The van der Waals surface area contributed by atoms with E-state index in [4.69, 9.17) is 4.74 Å². The van der Waals surface area contributed by atoms with Crippen LogP contribution in [-0.4, -0.2) is 42.3 Å². The minimum absolute atomic E-state index is 0.108. The molecule has 2 aromatic rings. The zero-order valence-electron chi connectivity index (χ0n) is 24.3. The van der Waals surface area contributed by atoms with Gasteiger partial charge in [-0.2, -0.15) is 0 Å². The Kier molecular flexibility index (Phi) is 13.7. The topological polar surface area (TPSA) is 126 Å². The molecule has 2 rings (SSSR count). The number of ketones is 1. The van der Waals surface area contributed by atoms with Crippen LogP contribution in [0.4, 0.5) is 4.79 Å². The van der Waals surface area contributed by atoms with Crippen molar-refractivity contribution in [2.24, 2.45) is 11.8 Å². The number of carbonyl (C=O) groups excluding carboxylic acids is 4. The molecule has 4 amide bonds. The van der Waals surface area contributed by atoms with Gasteiger partial charge in [0.15, 0.2) is 0 Å². The standard InChI is InChI=1S/C31H44N4O5/c1-6-26(28(36)30(38)32-19-24-12-14-25(15-13-24)40-17-16-21(2)3)34-29(37)27(18-22(4)5)35-31(39)33-20-23-10-8-7-9-11-23/h7-15,21-22,26-27H,6,16-20H2,1-5H3,(H,32,38)(H,34,37)(H2,33,35,39)/t26?,27-/m0/s1. The molecular formula is C31H44N4O5. The van der Waals surface area contributed by atoms with Crippen molar-refractivity contribution in [1.82, 2.24) is 21.3 Å². The fourth-order valence-electron chi connectivity index (χ4n) is 3.86. The van der Waals surface area contributed by atoms with Gasteiger partial charge in [-0.15, -0.1) is 0 Å². The number of rotatable bonds is 16. The first-order chi connectivity index (χ1) is 19.1. The van der Waals surface area contributed by atoms with Crippen LogP contribution in [0.1, 0.15) is 65.0 Å². The highest BCUT2D eigenvalue weighted by atomic mass is 16.5. The lowest BCUT2D eigenvalue weighted by atomic mass is 10.0. The predicted octanol–water partition coefficient (Wildman–Crippen LogP) is 4.11. The van der Waals surface area contributed by atoms with E-state index in [0.29, 0.717) is 25.5 Å². The zero-order valence-corrected chi connectivity index (χ0v) is 24.3. The molecule has 0 radical (unpaired) electrons. The predicted molar refractivity (Wildman–Crippen MR) is 156 cm³/mol. The Hall–Kier alpha value is -3.88. The Morgan fingerprint density at radius 3 is 1.98 bits per heavy atom. The molecule has 0 spiro atoms. The van der Waals surface area contributed by atoms with Crippen molar-refractivity contribution in [2.45, 2.75) is 79.1 Å². The first kappa shape index (κ1) is 32.3. The molecule has 1 unspecified atom stereocenters. The second-order valence-electron chi connectivity index (χ2n) is 10.7. The average molecular weight is 553 g/mol. The molecular weight excluding hydrogens is 508 g/mol. The van der Waals surface area contributed by atoms with E-state index in [2.05, 4.69) is 35.1 Å². The molecule has 218 valence electrons. The van der Waals surface area contributed by atoms with Gasteiger partial charge in [0.25, 0.3) is 5.91 Å². The quantitative estimate of drug-likeness (QED) is 0.233. The van der Waals surface area contributed by atoms with Gasteiger partial charge in [-0.05, 0) is 54.4 Å². The largest absolute Gasteiger partial charge is 0.494 e. The highest BCUT2D eigenvalue weighted by molar-refractivity contribution is 6.38. The first-order valence-electron chi connectivity index (χ1n) is 14.0. The Morgan fingerprint density at radius 2 is 1.38 bits per heavy atom. The Labute approximate surface area is 237 Å². The lowest BCUT2D eigenvalue weighted by molar-refractivity contribution is -0.140. The maximum Gasteiger partial charge on any atom is 0.315 e. The number of hydrogen-bond acceptors (Lipinski definition) is 5. The van der Waals surface area contributed by atoms with E-state index in [1.165, 1.54) is 0 Å². The van der Waals surface area contributed by atoms with Gasteiger partial charge in [-0.1, -0.05) is 77.1 Å². The van der Waals surface area contributed by atoms with Crippen LogP contribution >= 0.6 is 0 Å². The van der Waals surface area contributed by atoms with E-state index in [1.54, 1.807) is 6.92 Å². The van der Waals surface area contributed by atoms with E-state index >= 15 is 0 Å². The summed E-state index contributed by atoms with van der Waals surface area (Å²) in [7, 11) is 0. The van der Waals surface area contributed by atoms with Crippen LogP contribution in [0.15, 0.2) is 54.6 Å². The molecule has 40 heavy (non-hydrogen) atoms. The van der Waals surface area contributed by atoms with Gasteiger partial charge in [0.05, 0.1) is 12.6 Å². The number of nitrogens with one attached hydrogen (secondary N) is 4. The van der Waals surface area contributed by atoms with Crippen LogP contribution in [0.3, 0.4) is 0 Å². The van der Waals surface area contributed by atoms with Gasteiger partial charge in [0, 0.05) is 13.1 Å². The molecule has 9 nitrogen and oxygen atoms in total. The van der Waals surface area contributed by atoms with Crippen molar-refractivity contribution in [2.75, 3.05) is 6.61 Å². The van der Waals surface area contributed by atoms with Crippen LogP contribution in [0.25, 0.3) is 0 Å². The monoisotopic (exact) mass is 552 g/mol. The fraction of sp³-hybridized carbons (Fsp3) is 0.484. The molecule has 0 aliphatic heterocycles. The summed E-state index contributed by atoms with van der Waals surface area (Å²) in [5, 5.41) is 10.7. The highest BCUT2D eigenvalue weighted by Gasteiger charge is 2.29. The minimum atomic E-state index is -1.01. The van der Waals surface area contributed by atoms with Gasteiger partial charge in [0.1, 0.15) is 11.8 Å². The number of benzene rings is 2. The number of ether oxygens (including phenoxy) is 1. The summed E-state index contributed by atoms with van der Waals surface area (Å²) in [6.45, 7) is 11.0. The van der Waals surface area contributed by atoms with Gasteiger partial charge >= 0.3 is 6.03 Å². The van der Waals surface area contributed by atoms with E-state index in [0.717, 1.165) is 23.3 Å². The molecule has 0 bridgehead atoms. The zero-order chi connectivity index (χ0) is 29.5. The minimum Gasteiger partial charge on any atom is -0.494 e. The van der Waals surface area contributed by atoms with Crippen molar-refractivity contribution in [3.8, 4) is 5.75 Å². The van der Waals surface area contributed by atoms with Crippen molar-refractivity contribution < 1.29 is 23.9 Å². The maximum absolute atomic E-state index is 13.1. The summed E-state index contributed by atoms with van der Waals surface area (Å²) >= 11 is 0. The van der Waals surface area contributed by atoms with Crippen molar-refractivity contribution in [3.63, 3.8) is 0 Å². The molecule has 2 atom stereocenters. The average Bonchev–Trinajstić information content (AvgIpc) is 2.93. The summed E-state index contributed by atoms with van der Waals surface area (Å²) in [5.41, 5.74) is 1.74. The smallest absolute Gasteiger partial charge is 0.315 e. The molecule has 0 aliphatic carbocycles. The van der Waals surface area contributed by atoms with Crippen LogP contribution in [0.2, 0.25) is 0 Å². The normalized spacial score (nSPS) is 12.4. The van der Waals surface area contributed by atoms with E-state index in [9.17, 15) is 19.2 Å². The molecule has 4 N–H and O–H groups in total. The number of carbonyl (C=O) groups is 4. The second-order valence-corrected chi connectivity index (χ2v) is 10.7. The molecule has 0 saturated heterocycles. The van der Waals surface area contributed by atoms with E-state index in [-0.39, 0.29) is 18.9 Å². The molecule has 0 fully saturated rings. The summed E-state index contributed by atoms with van der Waals surface area (Å²) in [6.07, 6.45) is 1.57.